The second-order valence-electron chi connectivity index (χ2n) is 5.03. The second kappa shape index (κ2) is 6.79. The number of nitriles is 1. The molecule has 0 fully saturated rings. The molecule has 1 N–H and O–H groups in total. The van der Waals surface area contributed by atoms with Crippen molar-refractivity contribution in [1.82, 2.24) is 4.98 Å². The predicted octanol–water partition coefficient (Wildman–Crippen LogP) is 1.57. The zero-order valence-corrected chi connectivity index (χ0v) is 12.5. The van der Waals surface area contributed by atoms with Gasteiger partial charge in [0, 0.05) is 6.20 Å². The molecule has 1 amide bonds. The zero-order chi connectivity index (χ0) is 16.9. The summed E-state index contributed by atoms with van der Waals surface area (Å²) >= 11 is 0. The smallest absolute Gasteiger partial charge is 0.250 e. The fourth-order valence-corrected chi connectivity index (χ4v) is 2.23. The topological polar surface area (TPSA) is 101 Å². The van der Waals surface area contributed by atoms with Crippen molar-refractivity contribution in [3.63, 3.8) is 0 Å². The number of ether oxygens (including phenoxy) is 2. The van der Waals surface area contributed by atoms with Crippen LogP contribution in [0.3, 0.4) is 0 Å². The highest BCUT2D eigenvalue weighted by atomic mass is 16.6. The highest BCUT2D eigenvalue weighted by molar-refractivity contribution is 6.10. The molecule has 2 unspecified atom stereocenters. The van der Waals surface area contributed by atoms with Gasteiger partial charge in [-0.05, 0) is 24.3 Å². The van der Waals surface area contributed by atoms with Crippen LogP contribution in [0.4, 0.5) is 5.82 Å². The van der Waals surface area contributed by atoms with Crippen LogP contribution < -0.4 is 14.8 Å². The molecule has 0 radical (unpaired) electrons. The number of para-hydroxylation sites is 2. The summed E-state index contributed by atoms with van der Waals surface area (Å²) in [5.74, 6) is -1.71. The highest BCUT2D eigenvalue weighted by Gasteiger charge is 2.36. The van der Waals surface area contributed by atoms with Crippen LogP contribution in [0.1, 0.15) is 0 Å². The highest BCUT2D eigenvalue weighted by Crippen LogP contribution is 2.31. The molecule has 2 heterocycles. The molecule has 7 heteroatoms. The van der Waals surface area contributed by atoms with Crippen LogP contribution in [0.5, 0.6) is 11.5 Å². The SMILES string of the molecule is N#CC(C(=O)Nc1ccccn1)C(=O)C1COc2ccccc2O1. The van der Waals surface area contributed by atoms with Crippen molar-refractivity contribution in [3.8, 4) is 17.6 Å². The molecular weight excluding hydrogens is 310 g/mol. The molecule has 1 aromatic carbocycles. The monoisotopic (exact) mass is 323 g/mol. The number of pyridine rings is 1. The maximum atomic E-state index is 12.5. The average Bonchev–Trinajstić information content (AvgIpc) is 2.62. The molecule has 24 heavy (non-hydrogen) atoms. The summed E-state index contributed by atoms with van der Waals surface area (Å²) in [6.45, 7) is -0.0507. The minimum absolute atomic E-state index is 0.0507. The Morgan fingerprint density at radius 1 is 1.21 bits per heavy atom. The van der Waals surface area contributed by atoms with Crippen molar-refractivity contribution in [2.75, 3.05) is 11.9 Å². The summed E-state index contributed by atoms with van der Waals surface area (Å²) in [5.41, 5.74) is 0. The summed E-state index contributed by atoms with van der Waals surface area (Å²) in [6, 6.07) is 13.5. The largest absolute Gasteiger partial charge is 0.485 e. The third-order valence-electron chi connectivity index (χ3n) is 3.42. The van der Waals surface area contributed by atoms with Gasteiger partial charge in [-0.1, -0.05) is 18.2 Å². The van der Waals surface area contributed by atoms with E-state index in [-0.39, 0.29) is 12.4 Å². The van der Waals surface area contributed by atoms with E-state index < -0.39 is 23.7 Å². The number of ketones is 1. The predicted molar refractivity (Wildman–Crippen MR) is 83.3 cm³/mol. The van der Waals surface area contributed by atoms with Crippen molar-refractivity contribution in [1.29, 1.82) is 5.26 Å². The fraction of sp³-hybridized carbons (Fsp3) is 0.176. The van der Waals surface area contributed by atoms with Crippen LogP contribution in [0, 0.1) is 17.2 Å². The van der Waals surface area contributed by atoms with Crippen LogP contribution in [0.15, 0.2) is 48.7 Å². The maximum absolute atomic E-state index is 12.5. The second-order valence-corrected chi connectivity index (χ2v) is 5.03. The lowest BCUT2D eigenvalue weighted by Crippen LogP contribution is -2.43. The van der Waals surface area contributed by atoms with E-state index in [1.54, 1.807) is 48.5 Å². The normalized spacial score (nSPS) is 16.5. The van der Waals surface area contributed by atoms with Crippen molar-refractivity contribution < 1.29 is 19.1 Å². The summed E-state index contributed by atoms with van der Waals surface area (Å²) in [5, 5.41) is 11.7. The Hall–Kier alpha value is -3.40. The molecule has 2 aromatic rings. The van der Waals surface area contributed by atoms with Gasteiger partial charge in [0.05, 0.1) is 6.07 Å². The molecule has 0 saturated carbocycles. The van der Waals surface area contributed by atoms with Crippen LogP contribution in [-0.4, -0.2) is 29.4 Å². The number of nitrogens with one attached hydrogen (secondary N) is 1. The van der Waals surface area contributed by atoms with Crippen molar-refractivity contribution in [3.05, 3.63) is 48.7 Å². The Bertz CT molecular complexity index is 801. The number of carbonyl (C=O) groups excluding carboxylic acids is 2. The Morgan fingerprint density at radius 2 is 1.96 bits per heavy atom. The van der Waals surface area contributed by atoms with Gasteiger partial charge in [-0.25, -0.2) is 4.98 Å². The summed E-state index contributed by atoms with van der Waals surface area (Å²) in [6.07, 6.45) is 0.479. The number of fused-ring (bicyclic) bond motifs is 1. The molecule has 1 aliphatic heterocycles. The van der Waals surface area contributed by atoms with E-state index in [4.69, 9.17) is 9.47 Å². The minimum Gasteiger partial charge on any atom is -0.485 e. The molecule has 1 aromatic heterocycles. The van der Waals surface area contributed by atoms with Gasteiger partial charge in [0.15, 0.2) is 23.5 Å². The Balaban J connectivity index is 1.71. The van der Waals surface area contributed by atoms with Gasteiger partial charge in [-0.3, -0.25) is 9.59 Å². The summed E-state index contributed by atoms with van der Waals surface area (Å²) < 4.78 is 11.0. The first kappa shape index (κ1) is 15.5. The van der Waals surface area contributed by atoms with Gasteiger partial charge in [0.2, 0.25) is 5.78 Å². The minimum atomic E-state index is -1.51. The van der Waals surface area contributed by atoms with Gasteiger partial charge in [-0.15, -0.1) is 0 Å². The standard InChI is InChI=1S/C17H13N3O4/c18-9-11(17(22)20-15-7-3-4-8-19-15)16(21)14-10-23-12-5-1-2-6-13(12)24-14/h1-8,11,14H,10H2,(H,19,20,22). The molecule has 1 aliphatic rings. The number of hydrogen-bond acceptors (Lipinski definition) is 6. The molecule has 2 atom stereocenters. The summed E-state index contributed by atoms with van der Waals surface area (Å²) in [4.78, 5) is 28.6. The third-order valence-corrected chi connectivity index (χ3v) is 3.42. The van der Waals surface area contributed by atoms with Crippen molar-refractivity contribution in [2.45, 2.75) is 6.10 Å². The van der Waals surface area contributed by atoms with Gasteiger partial charge in [-0.2, -0.15) is 5.26 Å². The van der Waals surface area contributed by atoms with E-state index in [9.17, 15) is 14.9 Å². The molecule has 0 saturated heterocycles. The lowest BCUT2D eigenvalue weighted by Gasteiger charge is -2.26. The van der Waals surface area contributed by atoms with E-state index in [1.165, 1.54) is 6.20 Å². The lowest BCUT2D eigenvalue weighted by atomic mass is 10.00. The van der Waals surface area contributed by atoms with Crippen LogP contribution >= 0.6 is 0 Å². The fourth-order valence-electron chi connectivity index (χ4n) is 2.23. The summed E-state index contributed by atoms with van der Waals surface area (Å²) in [7, 11) is 0. The zero-order valence-electron chi connectivity index (χ0n) is 12.5. The molecule has 7 nitrogen and oxygen atoms in total. The molecule has 0 aliphatic carbocycles. The van der Waals surface area contributed by atoms with Crippen molar-refractivity contribution in [2.24, 2.45) is 5.92 Å². The first-order chi connectivity index (χ1) is 11.7. The number of carbonyl (C=O) groups is 2. The van der Waals surface area contributed by atoms with Crippen LogP contribution in [-0.2, 0) is 9.59 Å². The first-order valence-corrected chi connectivity index (χ1v) is 7.23. The molecule has 0 bridgehead atoms. The molecular formula is C17H13N3O4. The molecule has 0 spiro atoms. The van der Waals surface area contributed by atoms with Crippen LogP contribution in [0.2, 0.25) is 0 Å². The number of amides is 1. The van der Waals surface area contributed by atoms with E-state index in [0.29, 0.717) is 11.5 Å². The quantitative estimate of drug-likeness (QED) is 0.857. The Labute approximate surface area is 137 Å². The average molecular weight is 323 g/mol. The molecule has 120 valence electrons. The van der Waals surface area contributed by atoms with Gasteiger partial charge in [0.1, 0.15) is 12.4 Å². The first-order valence-electron chi connectivity index (χ1n) is 7.23. The number of hydrogen-bond donors (Lipinski definition) is 1. The number of Topliss-reactive ketones (excluding diaryl/α,β-unsaturated/α-hetero) is 1. The lowest BCUT2D eigenvalue weighted by molar-refractivity contribution is -0.135. The number of anilines is 1. The van der Waals surface area contributed by atoms with Gasteiger partial charge >= 0.3 is 0 Å². The molecule has 3 rings (SSSR count). The maximum Gasteiger partial charge on any atom is 0.250 e. The Morgan fingerprint density at radius 3 is 2.67 bits per heavy atom. The van der Waals surface area contributed by atoms with E-state index in [2.05, 4.69) is 10.3 Å². The van der Waals surface area contributed by atoms with Crippen LogP contribution in [0.25, 0.3) is 0 Å². The third kappa shape index (κ3) is 3.17. The number of nitrogens with zero attached hydrogens (tertiary/aromatic N) is 2. The number of aromatic nitrogens is 1. The number of benzene rings is 1. The van der Waals surface area contributed by atoms with Crippen molar-refractivity contribution >= 4 is 17.5 Å². The van der Waals surface area contributed by atoms with E-state index >= 15 is 0 Å². The number of rotatable bonds is 4. The van der Waals surface area contributed by atoms with Gasteiger partial charge < -0.3 is 14.8 Å². The van der Waals surface area contributed by atoms with Gasteiger partial charge in [0.25, 0.3) is 5.91 Å². The van der Waals surface area contributed by atoms with E-state index in [1.807, 2.05) is 0 Å². The van der Waals surface area contributed by atoms with E-state index in [0.717, 1.165) is 0 Å². The Kier molecular flexibility index (Phi) is 4.38.